The first-order chi connectivity index (χ1) is 9.16. The lowest BCUT2D eigenvalue weighted by Crippen LogP contribution is -2.13. The molecule has 0 spiro atoms. The van der Waals surface area contributed by atoms with Crippen molar-refractivity contribution in [1.82, 2.24) is 0 Å². The second-order valence-corrected chi connectivity index (χ2v) is 5.63. The van der Waals surface area contributed by atoms with Crippen LogP contribution in [0.2, 0.25) is 5.02 Å². The number of benzene rings is 1. The van der Waals surface area contributed by atoms with Crippen molar-refractivity contribution < 1.29 is 0 Å². The highest BCUT2D eigenvalue weighted by Gasteiger charge is 2.07. The zero-order valence-corrected chi connectivity index (χ0v) is 13.3. The van der Waals surface area contributed by atoms with Crippen LogP contribution in [-0.4, -0.2) is 20.6 Å². The first kappa shape index (κ1) is 16.2. The van der Waals surface area contributed by atoms with Crippen LogP contribution >= 0.6 is 11.6 Å². The molecule has 1 aromatic carbocycles. The third kappa shape index (κ3) is 5.73. The van der Waals surface area contributed by atoms with Gasteiger partial charge in [0.25, 0.3) is 0 Å². The summed E-state index contributed by atoms with van der Waals surface area (Å²) in [5, 5.41) is 4.30. The Kier molecular flexibility index (Phi) is 7.73. The second kappa shape index (κ2) is 9.08. The van der Waals surface area contributed by atoms with Crippen LogP contribution in [0.15, 0.2) is 18.2 Å². The van der Waals surface area contributed by atoms with Crippen LogP contribution in [0.4, 0.5) is 11.4 Å². The van der Waals surface area contributed by atoms with Gasteiger partial charge in [0.15, 0.2) is 0 Å². The van der Waals surface area contributed by atoms with E-state index in [1.807, 2.05) is 26.2 Å². The molecule has 1 aromatic rings. The number of nitrogens with one attached hydrogen (secondary N) is 1. The topological polar surface area (TPSA) is 15.3 Å². The van der Waals surface area contributed by atoms with Gasteiger partial charge in [-0.05, 0) is 18.6 Å². The molecule has 1 N–H and O–H groups in total. The number of unbranched alkanes of at least 4 members (excludes halogenated alkanes) is 5. The molecule has 0 unspecified atom stereocenters. The molecule has 1 rings (SSSR count). The monoisotopic (exact) mass is 282 g/mol. The van der Waals surface area contributed by atoms with Crippen LogP contribution in [0.1, 0.15) is 45.4 Å². The Morgan fingerprint density at radius 3 is 2.42 bits per heavy atom. The fourth-order valence-electron chi connectivity index (χ4n) is 2.24. The molecule has 19 heavy (non-hydrogen) atoms. The number of hydrogen-bond acceptors (Lipinski definition) is 2. The van der Waals surface area contributed by atoms with Gasteiger partial charge in [0, 0.05) is 20.6 Å². The van der Waals surface area contributed by atoms with Gasteiger partial charge in [-0.15, -0.1) is 0 Å². The molecule has 0 bridgehead atoms. The van der Waals surface area contributed by atoms with Crippen molar-refractivity contribution in [3.8, 4) is 0 Å². The molecule has 108 valence electrons. The molecule has 0 saturated carbocycles. The van der Waals surface area contributed by atoms with Gasteiger partial charge < -0.3 is 10.2 Å². The highest BCUT2D eigenvalue weighted by Crippen LogP contribution is 2.32. The van der Waals surface area contributed by atoms with Crippen molar-refractivity contribution in [2.24, 2.45) is 0 Å². The number of para-hydroxylation sites is 1. The van der Waals surface area contributed by atoms with Crippen molar-refractivity contribution in [1.29, 1.82) is 0 Å². The van der Waals surface area contributed by atoms with Crippen molar-refractivity contribution in [3.05, 3.63) is 23.2 Å². The Hall–Kier alpha value is -0.890. The molecular weight excluding hydrogens is 256 g/mol. The number of hydrogen-bond donors (Lipinski definition) is 1. The van der Waals surface area contributed by atoms with Gasteiger partial charge in [0.05, 0.1) is 16.4 Å². The third-order valence-corrected chi connectivity index (χ3v) is 3.58. The minimum Gasteiger partial charge on any atom is -0.383 e. The van der Waals surface area contributed by atoms with Gasteiger partial charge in [-0.1, -0.05) is 56.7 Å². The SMILES string of the molecule is CCCCCCCCNc1cccc(Cl)c1N(C)C. The van der Waals surface area contributed by atoms with Gasteiger partial charge in [0.2, 0.25) is 0 Å². The van der Waals surface area contributed by atoms with E-state index in [0.29, 0.717) is 0 Å². The lowest BCUT2D eigenvalue weighted by molar-refractivity contribution is 0.617. The van der Waals surface area contributed by atoms with Crippen LogP contribution < -0.4 is 10.2 Å². The van der Waals surface area contributed by atoms with E-state index in [1.165, 1.54) is 38.5 Å². The summed E-state index contributed by atoms with van der Waals surface area (Å²) in [4.78, 5) is 2.06. The predicted molar refractivity (Wildman–Crippen MR) is 87.6 cm³/mol. The summed E-state index contributed by atoms with van der Waals surface area (Å²) >= 11 is 6.24. The van der Waals surface area contributed by atoms with Crippen LogP contribution in [0.3, 0.4) is 0 Å². The average molecular weight is 283 g/mol. The molecule has 0 aliphatic heterocycles. The minimum atomic E-state index is 0.804. The quantitative estimate of drug-likeness (QED) is 0.628. The summed E-state index contributed by atoms with van der Waals surface area (Å²) in [6.45, 7) is 3.27. The summed E-state index contributed by atoms with van der Waals surface area (Å²) in [6.07, 6.45) is 7.94. The van der Waals surface area contributed by atoms with E-state index in [-0.39, 0.29) is 0 Å². The largest absolute Gasteiger partial charge is 0.383 e. The minimum absolute atomic E-state index is 0.804. The third-order valence-electron chi connectivity index (χ3n) is 3.28. The molecule has 0 heterocycles. The number of rotatable bonds is 9. The first-order valence-electron chi connectivity index (χ1n) is 7.36. The molecule has 3 heteroatoms. The van der Waals surface area contributed by atoms with Gasteiger partial charge in [-0.2, -0.15) is 0 Å². The Balaban J connectivity index is 2.35. The maximum atomic E-state index is 6.24. The normalized spacial score (nSPS) is 10.5. The van der Waals surface area contributed by atoms with Gasteiger partial charge in [-0.25, -0.2) is 0 Å². The van der Waals surface area contributed by atoms with E-state index < -0.39 is 0 Å². The van der Waals surface area contributed by atoms with Crippen LogP contribution in [0.25, 0.3) is 0 Å². The Bertz CT molecular complexity index is 364. The molecule has 0 saturated heterocycles. The number of nitrogens with zero attached hydrogens (tertiary/aromatic N) is 1. The summed E-state index contributed by atoms with van der Waals surface area (Å²) in [6, 6.07) is 6.03. The maximum absolute atomic E-state index is 6.24. The van der Waals surface area contributed by atoms with E-state index in [9.17, 15) is 0 Å². The van der Waals surface area contributed by atoms with Crippen LogP contribution in [-0.2, 0) is 0 Å². The van der Waals surface area contributed by atoms with Crippen molar-refractivity contribution in [3.63, 3.8) is 0 Å². The summed E-state index contributed by atoms with van der Waals surface area (Å²) in [7, 11) is 4.05. The first-order valence-corrected chi connectivity index (χ1v) is 7.74. The molecular formula is C16H27ClN2. The zero-order chi connectivity index (χ0) is 14.1. The van der Waals surface area contributed by atoms with Crippen molar-refractivity contribution >= 4 is 23.0 Å². The maximum Gasteiger partial charge on any atom is 0.0786 e. The summed E-state index contributed by atoms with van der Waals surface area (Å²) in [5.41, 5.74) is 2.21. The highest BCUT2D eigenvalue weighted by atomic mass is 35.5. The van der Waals surface area contributed by atoms with Crippen molar-refractivity contribution in [2.45, 2.75) is 45.4 Å². The Morgan fingerprint density at radius 2 is 1.74 bits per heavy atom. The zero-order valence-electron chi connectivity index (χ0n) is 12.5. The number of halogens is 1. The standard InChI is InChI=1S/C16H27ClN2/c1-4-5-6-7-8-9-13-18-15-12-10-11-14(17)16(15)19(2)3/h10-12,18H,4-9,13H2,1-3H3. The molecule has 0 aliphatic rings. The second-order valence-electron chi connectivity index (χ2n) is 5.22. The smallest absolute Gasteiger partial charge is 0.0786 e. The lowest BCUT2D eigenvalue weighted by Gasteiger charge is -2.20. The summed E-state index contributed by atoms with van der Waals surface area (Å²) in [5.74, 6) is 0. The lowest BCUT2D eigenvalue weighted by atomic mass is 10.1. The highest BCUT2D eigenvalue weighted by molar-refractivity contribution is 6.34. The fourth-order valence-corrected chi connectivity index (χ4v) is 2.58. The van der Waals surface area contributed by atoms with Gasteiger partial charge >= 0.3 is 0 Å². The van der Waals surface area contributed by atoms with Gasteiger partial charge in [-0.3, -0.25) is 0 Å². The van der Waals surface area contributed by atoms with E-state index in [1.54, 1.807) is 0 Å². The predicted octanol–water partition coefficient (Wildman–Crippen LogP) is 5.18. The fraction of sp³-hybridized carbons (Fsp3) is 0.625. The Labute approximate surface area is 123 Å². The molecule has 0 radical (unpaired) electrons. The molecule has 0 aliphatic carbocycles. The van der Waals surface area contributed by atoms with Gasteiger partial charge in [0.1, 0.15) is 0 Å². The van der Waals surface area contributed by atoms with E-state index >= 15 is 0 Å². The van der Waals surface area contributed by atoms with Crippen LogP contribution in [0.5, 0.6) is 0 Å². The summed E-state index contributed by atoms with van der Waals surface area (Å²) < 4.78 is 0. The molecule has 0 aromatic heterocycles. The number of anilines is 2. The van der Waals surface area contributed by atoms with Crippen molar-refractivity contribution in [2.75, 3.05) is 30.9 Å². The van der Waals surface area contributed by atoms with Crippen LogP contribution in [0, 0.1) is 0 Å². The van der Waals surface area contributed by atoms with E-state index in [4.69, 9.17) is 11.6 Å². The Morgan fingerprint density at radius 1 is 1.05 bits per heavy atom. The van der Waals surface area contributed by atoms with E-state index in [0.717, 1.165) is 22.9 Å². The van der Waals surface area contributed by atoms with E-state index in [2.05, 4.69) is 23.2 Å². The molecule has 2 nitrogen and oxygen atoms in total. The average Bonchev–Trinajstić information content (AvgIpc) is 2.37. The molecule has 0 amide bonds. The molecule has 0 atom stereocenters. The molecule has 0 fully saturated rings.